The first kappa shape index (κ1) is 13.4. The third-order valence-corrected chi connectivity index (χ3v) is 3.19. The average Bonchev–Trinajstić information content (AvgIpc) is 2.73. The van der Waals surface area contributed by atoms with Crippen LogP contribution < -0.4 is 5.32 Å². The van der Waals surface area contributed by atoms with Crippen LogP contribution in [0.3, 0.4) is 0 Å². The van der Waals surface area contributed by atoms with Gasteiger partial charge in [0.15, 0.2) is 0 Å². The molecular weight excluding hydrogens is 270 g/mol. The molecule has 1 aromatic carbocycles. The number of carbonyl (C=O) groups is 3. The quantitative estimate of drug-likeness (QED) is 0.668. The molecule has 1 aromatic rings. The zero-order chi connectivity index (χ0) is 13.7. The molecule has 2 rings (SSSR count). The molecular formula is C12H11NO5S. The van der Waals surface area contributed by atoms with Gasteiger partial charge in [0.2, 0.25) is 0 Å². The third-order valence-electron chi connectivity index (χ3n) is 2.34. The van der Waals surface area contributed by atoms with Crippen LogP contribution in [0.5, 0.6) is 0 Å². The second-order valence-corrected chi connectivity index (χ2v) is 4.70. The minimum absolute atomic E-state index is 0.0954. The molecule has 1 N–H and O–H groups in total. The van der Waals surface area contributed by atoms with E-state index in [4.69, 9.17) is 4.74 Å². The summed E-state index contributed by atoms with van der Waals surface area (Å²) in [7, 11) is 0. The van der Waals surface area contributed by atoms with Gasteiger partial charge in [-0.15, -0.1) is 0 Å². The predicted octanol–water partition coefficient (Wildman–Crippen LogP) is 1.69. The van der Waals surface area contributed by atoms with Gasteiger partial charge >= 0.3 is 17.4 Å². The second kappa shape index (κ2) is 6.24. The fourth-order valence-corrected chi connectivity index (χ4v) is 2.08. The molecule has 1 fully saturated rings. The monoisotopic (exact) mass is 281 g/mol. The van der Waals surface area contributed by atoms with Crippen LogP contribution in [-0.4, -0.2) is 29.2 Å². The van der Waals surface area contributed by atoms with E-state index in [0.29, 0.717) is 0 Å². The molecule has 1 unspecified atom stereocenters. The van der Waals surface area contributed by atoms with E-state index < -0.39 is 23.4 Å². The van der Waals surface area contributed by atoms with Gasteiger partial charge in [-0.2, -0.15) is 0 Å². The van der Waals surface area contributed by atoms with E-state index >= 15 is 0 Å². The molecule has 0 saturated carbocycles. The van der Waals surface area contributed by atoms with Crippen molar-refractivity contribution < 1.29 is 23.9 Å². The highest BCUT2D eigenvalue weighted by molar-refractivity contribution is 8.13. The van der Waals surface area contributed by atoms with Crippen molar-refractivity contribution in [2.75, 3.05) is 5.75 Å². The number of hydrogen-bond donors (Lipinski definition) is 1. The molecule has 0 aliphatic carbocycles. The lowest BCUT2D eigenvalue weighted by atomic mass is 10.2. The predicted molar refractivity (Wildman–Crippen MR) is 67.5 cm³/mol. The zero-order valence-electron chi connectivity index (χ0n) is 9.83. The number of rotatable bonds is 4. The highest BCUT2D eigenvalue weighted by atomic mass is 32.2. The van der Waals surface area contributed by atoms with Crippen molar-refractivity contribution in [2.45, 2.75) is 12.6 Å². The van der Waals surface area contributed by atoms with Gasteiger partial charge in [0, 0.05) is 5.75 Å². The SMILES string of the molecule is O=C1NC(CSC(=O)OCc2ccccc2)C(=O)O1. The number of ether oxygens (including phenoxy) is 2. The molecule has 0 radical (unpaired) electrons. The summed E-state index contributed by atoms with van der Waals surface area (Å²) in [6.45, 7) is 0.175. The Morgan fingerprint density at radius 3 is 2.68 bits per heavy atom. The Hall–Kier alpha value is -2.02. The second-order valence-electron chi connectivity index (χ2n) is 3.74. The Morgan fingerprint density at radius 2 is 2.05 bits per heavy atom. The lowest BCUT2D eigenvalue weighted by molar-refractivity contribution is -0.134. The van der Waals surface area contributed by atoms with Crippen LogP contribution in [0.4, 0.5) is 9.59 Å². The summed E-state index contributed by atoms with van der Waals surface area (Å²) in [6.07, 6.45) is -0.784. The molecule has 0 bridgehead atoms. The number of hydrogen-bond acceptors (Lipinski definition) is 6. The van der Waals surface area contributed by atoms with Crippen LogP contribution in [-0.2, 0) is 20.9 Å². The maximum atomic E-state index is 11.4. The molecule has 0 spiro atoms. The first-order chi connectivity index (χ1) is 9.15. The minimum Gasteiger partial charge on any atom is -0.453 e. The van der Waals surface area contributed by atoms with Crippen LogP contribution in [0.25, 0.3) is 0 Å². The Bertz CT molecular complexity index is 490. The molecule has 7 heteroatoms. The highest BCUT2D eigenvalue weighted by Gasteiger charge is 2.32. The van der Waals surface area contributed by atoms with E-state index in [0.717, 1.165) is 17.3 Å². The summed E-state index contributed by atoms with van der Waals surface area (Å²) in [5.74, 6) is -0.577. The maximum Gasteiger partial charge on any atom is 0.415 e. The van der Waals surface area contributed by atoms with Crippen LogP contribution in [0.2, 0.25) is 0 Å². The number of thioether (sulfide) groups is 1. The van der Waals surface area contributed by atoms with Gasteiger partial charge in [0.1, 0.15) is 12.6 Å². The number of alkyl carbamates (subject to hydrolysis) is 1. The van der Waals surface area contributed by atoms with Gasteiger partial charge < -0.3 is 14.8 Å². The van der Waals surface area contributed by atoms with Crippen molar-refractivity contribution in [1.29, 1.82) is 0 Å². The number of carbonyl (C=O) groups excluding carboxylic acids is 3. The molecule has 100 valence electrons. The average molecular weight is 281 g/mol. The highest BCUT2D eigenvalue weighted by Crippen LogP contribution is 2.13. The van der Waals surface area contributed by atoms with Crippen LogP contribution >= 0.6 is 11.8 Å². The van der Waals surface area contributed by atoms with E-state index in [9.17, 15) is 14.4 Å². The van der Waals surface area contributed by atoms with Gasteiger partial charge in [-0.1, -0.05) is 30.3 Å². The van der Waals surface area contributed by atoms with E-state index in [-0.39, 0.29) is 12.4 Å². The molecule has 1 amide bonds. The standard InChI is InChI=1S/C12H11NO5S/c14-10-9(13-11(15)18-10)7-19-12(16)17-6-8-4-2-1-3-5-8/h1-5,9H,6-7H2,(H,13,15). The summed E-state index contributed by atoms with van der Waals surface area (Å²) < 4.78 is 9.29. The smallest absolute Gasteiger partial charge is 0.415 e. The van der Waals surface area contributed by atoms with Crippen molar-refractivity contribution in [3.05, 3.63) is 35.9 Å². The van der Waals surface area contributed by atoms with E-state index in [1.54, 1.807) is 0 Å². The molecule has 19 heavy (non-hydrogen) atoms. The van der Waals surface area contributed by atoms with Gasteiger partial charge in [0.05, 0.1) is 0 Å². The van der Waals surface area contributed by atoms with Crippen molar-refractivity contribution >= 4 is 29.1 Å². The summed E-state index contributed by atoms with van der Waals surface area (Å²) in [5.41, 5.74) is 0.880. The Kier molecular flexibility index (Phi) is 4.40. The van der Waals surface area contributed by atoms with E-state index in [2.05, 4.69) is 10.1 Å². The molecule has 1 saturated heterocycles. The van der Waals surface area contributed by atoms with Gasteiger partial charge in [-0.3, -0.25) is 0 Å². The number of nitrogens with one attached hydrogen (secondary N) is 1. The molecule has 0 aromatic heterocycles. The summed E-state index contributed by atoms with van der Waals surface area (Å²) >= 11 is 0.822. The molecule has 1 aliphatic rings. The Labute approximate surface area is 113 Å². The van der Waals surface area contributed by atoms with Gasteiger partial charge in [0.25, 0.3) is 0 Å². The summed E-state index contributed by atoms with van der Waals surface area (Å²) in [5, 5.41) is 1.79. The van der Waals surface area contributed by atoms with Gasteiger partial charge in [-0.25, -0.2) is 14.4 Å². The lowest BCUT2D eigenvalue weighted by Crippen LogP contribution is -2.31. The zero-order valence-corrected chi connectivity index (χ0v) is 10.6. The van der Waals surface area contributed by atoms with E-state index in [1.165, 1.54) is 0 Å². The molecule has 1 aliphatic heterocycles. The number of benzene rings is 1. The van der Waals surface area contributed by atoms with Crippen molar-refractivity contribution in [1.82, 2.24) is 5.32 Å². The molecule has 1 atom stereocenters. The Balaban J connectivity index is 1.70. The molecule has 1 heterocycles. The number of cyclic esters (lactones) is 2. The van der Waals surface area contributed by atoms with Crippen molar-refractivity contribution in [3.63, 3.8) is 0 Å². The summed E-state index contributed by atoms with van der Waals surface area (Å²) in [6, 6.07) is 8.45. The normalized spacial score (nSPS) is 17.8. The van der Waals surface area contributed by atoms with Crippen LogP contribution in [0.15, 0.2) is 30.3 Å². The van der Waals surface area contributed by atoms with Crippen molar-refractivity contribution in [2.24, 2.45) is 0 Å². The topological polar surface area (TPSA) is 81.7 Å². The van der Waals surface area contributed by atoms with Crippen LogP contribution in [0.1, 0.15) is 5.56 Å². The first-order valence-electron chi connectivity index (χ1n) is 5.51. The molecule has 6 nitrogen and oxygen atoms in total. The fraction of sp³-hybridized carbons (Fsp3) is 0.250. The third kappa shape index (κ3) is 3.99. The van der Waals surface area contributed by atoms with Crippen molar-refractivity contribution in [3.8, 4) is 0 Å². The largest absolute Gasteiger partial charge is 0.453 e. The fourth-order valence-electron chi connectivity index (χ4n) is 1.41. The Morgan fingerprint density at radius 1 is 1.32 bits per heavy atom. The van der Waals surface area contributed by atoms with Gasteiger partial charge in [-0.05, 0) is 17.3 Å². The van der Waals surface area contributed by atoms with E-state index in [1.807, 2.05) is 30.3 Å². The maximum absolute atomic E-state index is 11.4. The lowest BCUT2D eigenvalue weighted by Gasteiger charge is -2.06. The number of esters is 1. The summed E-state index contributed by atoms with van der Waals surface area (Å²) in [4.78, 5) is 33.3. The number of amides is 1. The first-order valence-corrected chi connectivity index (χ1v) is 6.49. The minimum atomic E-state index is -0.790. The van der Waals surface area contributed by atoms with Crippen LogP contribution in [0, 0.1) is 0 Å².